The summed E-state index contributed by atoms with van der Waals surface area (Å²) in [6.45, 7) is 5.44. The van der Waals surface area contributed by atoms with Crippen molar-refractivity contribution in [3.63, 3.8) is 0 Å². The van der Waals surface area contributed by atoms with Crippen LogP contribution in [-0.2, 0) is 4.74 Å². The van der Waals surface area contributed by atoms with Gasteiger partial charge in [-0.3, -0.25) is 4.79 Å². The molecule has 0 N–H and O–H groups in total. The monoisotopic (exact) mass is 552 g/mol. The summed E-state index contributed by atoms with van der Waals surface area (Å²) >= 11 is 6.35. The van der Waals surface area contributed by atoms with E-state index < -0.39 is 0 Å². The molecule has 0 aliphatic carbocycles. The molecule has 208 valence electrons. The minimum absolute atomic E-state index is 0.0585. The van der Waals surface area contributed by atoms with E-state index in [4.69, 9.17) is 31.2 Å². The van der Waals surface area contributed by atoms with E-state index in [1.807, 2.05) is 15.5 Å². The average Bonchev–Trinajstić information content (AvgIpc) is 3.64. The van der Waals surface area contributed by atoms with E-state index >= 15 is 0 Å². The van der Waals surface area contributed by atoms with Crippen LogP contribution in [0, 0.1) is 0 Å². The first-order valence-electron chi connectivity index (χ1n) is 14.3. The van der Waals surface area contributed by atoms with Gasteiger partial charge in [-0.05, 0) is 63.1 Å². The molecule has 1 atom stereocenters. The molecular formula is C29H37ClN6O3. The van der Waals surface area contributed by atoms with E-state index in [9.17, 15) is 4.79 Å². The second-order valence-corrected chi connectivity index (χ2v) is 11.1. The normalized spacial score (nSPS) is 20.5. The van der Waals surface area contributed by atoms with Gasteiger partial charge in [-0.1, -0.05) is 11.6 Å². The molecule has 10 heteroatoms. The van der Waals surface area contributed by atoms with Crippen LogP contribution >= 0.6 is 11.6 Å². The van der Waals surface area contributed by atoms with Gasteiger partial charge in [-0.15, -0.1) is 0 Å². The van der Waals surface area contributed by atoms with E-state index in [2.05, 4.69) is 21.9 Å². The molecule has 1 aromatic carbocycles. The molecule has 0 spiro atoms. The largest absolute Gasteiger partial charge is 0.493 e. The Balaban J connectivity index is 1.47. The lowest BCUT2D eigenvalue weighted by atomic mass is 9.98. The topological polar surface area (TPSA) is 75.4 Å². The molecule has 2 aromatic heterocycles. The van der Waals surface area contributed by atoms with Gasteiger partial charge in [0.15, 0.2) is 5.65 Å². The Morgan fingerprint density at radius 2 is 1.85 bits per heavy atom. The summed E-state index contributed by atoms with van der Waals surface area (Å²) in [5.41, 5.74) is 2.22. The smallest absolute Gasteiger partial charge is 0.258 e. The second-order valence-electron chi connectivity index (χ2n) is 10.7. The maximum absolute atomic E-state index is 14.0. The molecule has 0 unspecified atom stereocenters. The van der Waals surface area contributed by atoms with Crippen molar-refractivity contribution in [1.29, 1.82) is 0 Å². The number of carbonyl (C=O) groups excluding carboxylic acids is 1. The van der Waals surface area contributed by atoms with Gasteiger partial charge in [0.2, 0.25) is 0 Å². The second kappa shape index (κ2) is 11.6. The number of halogens is 1. The van der Waals surface area contributed by atoms with Crippen LogP contribution in [0.2, 0.25) is 5.02 Å². The predicted molar refractivity (Wildman–Crippen MR) is 152 cm³/mol. The number of fused-ring (bicyclic) bond motifs is 4. The van der Waals surface area contributed by atoms with Crippen molar-refractivity contribution < 1.29 is 14.3 Å². The van der Waals surface area contributed by atoms with Crippen molar-refractivity contribution in [2.75, 3.05) is 62.8 Å². The number of nitrogens with zero attached hydrogens (tertiary/aromatic N) is 6. The van der Waals surface area contributed by atoms with Crippen LogP contribution in [-0.4, -0.2) is 78.5 Å². The van der Waals surface area contributed by atoms with Gasteiger partial charge < -0.3 is 24.2 Å². The number of anilines is 2. The van der Waals surface area contributed by atoms with E-state index in [-0.39, 0.29) is 11.9 Å². The zero-order valence-electron chi connectivity index (χ0n) is 22.6. The molecule has 3 aliphatic rings. The first-order valence-corrected chi connectivity index (χ1v) is 14.6. The molecule has 39 heavy (non-hydrogen) atoms. The van der Waals surface area contributed by atoms with E-state index in [0.717, 1.165) is 81.3 Å². The maximum Gasteiger partial charge on any atom is 0.258 e. The fourth-order valence-corrected chi connectivity index (χ4v) is 6.19. The number of ether oxygens (including phenoxy) is 2. The Kier molecular flexibility index (Phi) is 7.79. The van der Waals surface area contributed by atoms with Crippen molar-refractivity contribution in [2.24, 2.45) is 0 Å². The number of hydrogen-bond donors (Lipinski definition) is 0. The van der Waals surface area contributed by atoms with Gasteiger partial charge in [0.05, 0.1) is 30.5 Å². The lowest BCUT2D eigenvalue weighted by molar-refractivity contribution is 0.0601. The Bertz CT molecular complexity index is 1320. The fourth-order valence-electron chi connectivity index (χ4n) is 6.02. The highest BCUT2D eigenvalue weighted by atomic mass is 35.5. The number of piperidine rings is 1. The van der Waals surface area contributed by atoms with E-state index in [0.29, 0.717) is 36.1 Å². The zero-order valence-corrected chi connectivity index (χ0v) is 23.4. The standard InChI is InChI=1S/C29H37ClN6O3/c1-38-17-15-34-13-6-7-16-39-25-10-9-21(30)18-22(25)29(37)35-14-3-2-8-24(35)23-19-27-31-26(33-11-4-5-12-33)20-28(34)36(27)32-23/h9-10,18-20,24H,2-8,11-17H2,1H3/t24-/m0/s1. The van der Waals surface area contributed by atoms with E-state index in [1.165, 1.54) is 12.8 Å². The number of amides is 1. The molecule has 9 nitrogen and oxygen atoms in total. The number of rotatable bonds is 4. The molecule has 0 saturated carbocycles. The van der Waals surface area contributed by atoms with Crippen LogP contribution in [0.5, 0.6) is 5.75 Å². The number of methoxy groups -OCH3 is 1. The van der Waals surface area contributed by atoms with Crippen molar-refractivity contribution in [3.8, 4) is 5.75 Å². The molecule has 2 bridgehead atoms. The molecule has 3 aromatic rings. The number of hydrogen-bond acceptors (Lipinski definition) is 7. The Labute approximate surface area is 234 Å². The third-order valence-electron chi connectivity index (χ3n) is 8.09. The number of benzene rings is 1. The van der Waals surface area contributed by atoms with Gasteiger partial charge in [0.1, 0.15) is 17.4 Å². The van der Waals surface area contributed by atoms with Crippen LogP contribution < -0.4 is 14.5 Å². The Morgan fingerprint density at radius 3 is 2.69 bits per heavy atom. The first kappa shape index (κ1) is 26.2. The van der Waals surface area contributed by atoms with Crippen LogP contribution in [0.4, 0.5) is 11.6 Å². The van der Waals surface area contributed by atoms with Crippen LogP contribution in [0.3, 0.4) is 0 Å². The molecular weight excluding hydrogens is 516 g/mol. The van der Waals surface area contributed by atoms with Gasteiger partial charge in [-0.25, -0.2) is 4.98 Å². The lowest BCUT2D eigenvalue weighted by Crippen LogP contribution is -2.39. The summed E-state index contributed by atoms with van der Waals surface area (Å²) in [6.07, 6.45) is 7.00. The summed E-state index contributed by atoms with van der Waals surface area (Å²) in [5.74, 6) is 2.54. The van der Waals surface area contributed by atoms with Crippen LogP contribution in [0.15, 0.2) is 30.3 Å². The number of carbonyl (C=O) groups is 1. The summed E-state index contributed by atoms with van der Waals surface area (Å²) in [7, 11) is 1.74. The lowest BCUT2D eigenvalue weighted by Gasteiger charge is -2.35. The van der Waals surface area contributed by atoms with Crippen LogP contribution in [0.25, 0.3) is 5.65 Å². The third kappa shape index (κ3) is 5.39. The highest BCUT2D eigenvalue weighted by Crippen LogP contribution is 2.36. The van der Waals surface area contributed by atoms with Crippen molar-refractivity contribution >= 4 is 34.8 Å². The molecule has 0 radical (unpaired) electrons. The first-order chi connectivity index (χ1) is 19.1. The quantitative estimate of drug-likeness (QED) is 0.452. The highest BCUT2D eigenvalue weighted by Gasteiger charge is 2.33. The van der Waals surface area contributed by atoms with Crippen LogP contribution in [0.1, 0.15) is 67.0 Å². The van der Waals surface area contributed by atoms with Crippen molar-refractivity contribution in [2.45, 2.75) is 51.0 Å². The fraction of sp³-hybridized carbons (Fsp3) is 0.552. The van der Waals surface area contributed by atoms with Gasteiger partial charge in [0.25, 0.3) is 5.91 Å². The molecule has 2 saturated heterocycles. The van der Waals surface area contributed by atoms with Gasteiger partial charge in [0, 0.05) is 57.0 Å². The maximum atomic E-state index is 14.0. The Hall–Kier alpha value is -3.04. The average molecular weight is 553 g/mol. The van der Waals surface area contributed by atoms with E-state index in [1.54, 1.807) is 19.2 Å². The van der Waals surface area contributed by atoms with Crippen molar-refractivity contribution in [3.05, 3.63) is 46.6 Å². The van der Waals surface area contributed by atoms with Gasteiger partial charge >= 0.3 is 0 Å². The SMILES string of the molecule is COCCN1CCCCOc2ccc(Cl)cc2C(=O)N2CCCC[C@H]2c2cc3nc(N4CCCC4)cc1n3n2. The highest BCUT2D eigenvalue weighted by molar-refractivity contribution is 6.31. The summed E-state index contributed by atoms with van der Waals surface area (Å²) in [5, 5.41) is 5.65. The molecule has 6 rings (SSSR count). The van der Waals surface area contributed by atoms with Gasteiger partial charge in [-0.2, -0.15) is 9.61 Å². The van der Waals surface area contributed by atoms with Crippen molar-refractivity contribution in [1.82, 2.24) is 19.5 Å². The summed E-state index contributed by atoms with van der Waals surface area (Å²) in [4.78, 5) is 25.7. The number of aromatic nitrogens is 3. The third-order valence-corrected chi connectivity index (χ3v) is 8.33. The molecule has 3 aliphatic heterocycles. The summed E-state index contributed by atoms with van der Waals surface area (Å²) < 4.78 is 13.6. The predicted octanol–water partition coefficient (Wildman–Crippen LogP) is 4.98. The minimum Gasteiger partial charge on any atom is -0.493 e. The summed E-state index contributed by atoms with van der Waals surface area (Å²) in [6, 6.07) is 9.46. The minimum atomic E-state index is -0.138. The zero-order chi connectivity index (χ0) is 26.8. The molecule has 1 amide bonds. The Morgan fingerprint density at radius 1 is 1.03 bits per heavy atom. The molecule has 5 heterocycles. The molecule has 2 fully saturated rings.